The zero-order valence-corrected chi connectivity index (χ0v) is 19.3. The Kier molecular flexibility index (Phi) is 7.41. The van der Waals surface area contributed by atoms with Gasteiger partial charge >= 0.3 is 0 Å². The Labute approximate surface area is 192 Å². The van der Waals surface area contributed by atoms with Crippen molar-refractivity contribution < 1.29 is 17.6 Å². The molecule has 170 valence electrons. The van der Waals surface area contributed by atoms with Crippen LogP contribution in [-0.4, -0.2) is 45.4 Å². The second kappa shape index (κ2) is 10.4. The van der Waals surface area contributed by atoms with E-state index < -0.39 is 10.0 Å². The van der Waals surface area contributed by atoms with Crippen molar-refractivity contribution in [2.45, 2.75) is 30.2 Å². The van der Waals surface area contributed by atoms with Crippen molar-refractivity contribution in [2.24, 2.45) is 0 Å². The van der Waals surface area contributed by atoms with Crippen molar-refractivity contribution in [3.05, 3.63) is 76.4 Å². The molecule has 3 aromatic rings. The lowest BCUT2D eigenvalue weighted by Crippen LogP contribution is -2.36. The zero-order valence-electron chi connectivity index (χ0n) is 17.7. The fraction of sp³-hybridized carbons (Fsp3) is 0.348. The maximum Gasteiger partial charge on any atom is 0.251 e. The summed E-state index contributed by atoms with van der Waals surface area (Å²) < 4.78 is 33.2. The third kappa shape index (κ3) is 5.66. The number of nitrogens with one attached hydrogen (secondary N) is 2. The number of furan rings is 1. The molecule has 2 N–H and O–H groups in total. The van der Waals surface area contributed by atoms with Crippen molar-refractivity contribution >= 4 is 27.3 Å². The average molecular weight is 474 g/mol. The number of amides is 1. The summed E-state index contributed by atoms with van der Waals surface area (Å²) in [6.07, 6.45) is 4.57. The summed E-state index contributed by atoms with van der Waals surface area (Å²) in [5.74, 6) is 0.595. The van der Waals surface area contributed by atoms with E-state index in [1.165, 1.54) is 12.1 Å². The number of rotatable bonds is 10. The molecule has 1 aliphatic heterocycles. The number of nitrogens with zero attached hydrogens (tertiary/aromatic N) is 1. The first-order valence-electron chi connectivity index (χ1n) is 10.7. The van der Waals surface area contributed by atoms with E-state index in [1.807, 2.05) is 29.6 Å². The predicted molar refractivity (Wildman–Crippen MR) is 124 cm³/mol. The molecule has 3 heterocycles. The van der Waals surface area contributed by atoms with Gasteiger partial charge in [-0.3, -0.25) is 9.69 Å². The molecule has 1 aliphatic rings. The highest BCUT2D eigenvalue weighted by Gasteiger charge is 2.26. The highest BCUT2D eigenvalue weighted by Crippen LogP contribution is 2.25. The van der Waals surface area contributed by atoms with E-state index in [9.17, 15) is 13.2 Å². The van der Waals surface area contributed by atoms with Gasteiger partial charge in [0.25, 0.3) is 5.91 Å². The Bertz CT molecular complexity index is 1090. The van der Waals surface area contributed by atoms with E-state index in [-0.39, 0.29) is 16.8 Å². The molecule has 1 amide bonds. The van der Waals surface area contributed by atoms with Crippen LogP contribution in [0.4, 0.5) is 0 Å². The largest absolute Gasteiger partial charge is 0.468 e. The van der Waals surface area contributed by atoms with Gasteiger partial charge < -0.3 is 9.73 Å². The monoisotopic (exact) mass is 473 g/mol. The predicted octanol–water partition coefficient (Wildman–Crippen LogP) is 3.43. The smallest absolute Gasteiger partial charge is 0.251 e. The van der Waals surface area contributed by atoms with Gasteiger partial charge in [-0.25, -0.2) is 13.1 Å². The summed E-state index contributed by atoms with van der Waals surface area (Å²) in [4.78, 5) is 16.3. The fourth-order valence-electron chi connectivity index (χ4n) is 3.87. The van der Waals surface area contributed by atoms with Crippen LogP contribution in [0.1, 0.15) is 39.9 Å². The van der Waals surface area contributed by atoms with Crippen LogP contribution in [0.25, 0.3) is 0 Å². The van der Waals surface area contributed by atoms with Crippen molar-refractivity contribution in [3.8, 4) is 0 Å². The Balaban J connectivity index is 1.34. The van der Waals surface area contributed by atoms with Crippen molar-refractivity contribution in [3.63, 3.8) is 0 Å². The fourth-order valence-corrected chi connectivity index (χ4v) is 5.61. The third-order valence-corrected chi connectivity index (χ3v) is 7.99. The maximum absolute atomic E-state index is 12.7. The summed E-state index contributed by atoms with van der Waals surface area (Å²) >= 11 is 1.60. The van der Waals surface area contributed by atoms with Gasteiger partial charge in [-0.15, -0.1) is 11.3 Å². The molecule has 7 nitrogen and oxygen atoms in total. The minimum atomic E-state index is -3.62. The van der Waals surface area contributed by atoms with E-state index in [1.54, 1.807) is 29.7 Å². The first-order valence-corrected chi connectivity index (χ1v) is 13.1. The highest BCUT2D eigenvalue weighted by molar-refractivity contribution is 7.89. The van der Waals surface area contributed by atoms with Crippen molar-refractivity contribution in [2.75, 3.05) is 26.2 Å². The van der Waals surface area contributed by atoms with E-state index in [4.69, 9.17) is 4.42 Å². The van der Waals surface area contributed by atoms with Gasteiger partial charge in [0.2, 0.25) is 10.0 Å². The lowest BCUT2D eigenvalue weighted by atomic mass is 10.1. The molecule has 0 bridgehead atoms. The first-order chi connectivity index (χ1) is 15.5. The Morgan fingerprint density at radius 2 is 1.88 bits per heavy atom. The molecule has 1 fully saturated rings. The van der Waals surface area contributed by atoms with Crippen molar-refractivity contribution in [1.82, 2.24) is 14.9 Å². The second-order valence-corrected chi connectivity index (χ2v) is 10.5. The maximum atomic E-state index is 12.7. The number of likely N-dealkylation sites (tertiary alicyclic amines) is 1. The summed E-state index contributed by atoms with van der Waals surface area (Å²) in [5, 5.41) is 4.94. The minimum Gasteiger partial charge on any atom is -0.468 e. The number of hydrogen-bond donors (Lipinski definition) is 2. The second-order valence-electron chi connectivity index (χ2n) is 7.74. The molecule has 9 heteroatoms. The quantitative estimate of drug-likeness (QED) is 0.471. The molecule has 4 rings (SSSR count). The van der Waals surface area contributed by atoms with Gasteiger partial charge in [-0.1, -0.05) is 6.07 Å². The summed E-state index contributed by atoms with van der Waals surface area (Å²) in [6, 6.07) is 13.7. The van der Waals surface area contributed by atoms with E-state index in [0.717, 1.165) is 36.6 Å². The highest BCUT2D eigenvalue weighted by atomic mass is 32.2. The van der Waals surface area contributed by atoms with E-state index in [0.29, 0.717) is 25.1 Å². The molecule has 0 saturated carbocycles. The molecule has 0 aliphatic carbocycles. The Morgan fingerprint density at radius 1 is 1.09 bits per heavy atom. The standard InChI is InChI=1S/C23H27N3O4S2/c27-23(24-17-21(22-6-3-15-30-22)26-13-1-2-14-26)18-7-9-20(10-8-18)32(28,29)25-12-11-19-5-4-16-31-19/h3-10,15-16,21,25H,1-2,11-14,17H2,(H,24,27)/t21-/m1/s1. The summed E-state index contributed by atoms with van der Waals surface area (Å²) in [6.45, 7) is 2.72. The number of carbonyl (C=O) groups is 1. The number of hydrogen-bond acceptors (Lipinski definition) is 6. The number of carbonyl (C=O) groups excluding carboxylic acids is 1. The molecule has 2 aromatic heterocycles. The topological polar surface area (TPSA) is 91.7 Å². The van der Waals surface area contributed by atoms with Gasteiger partial charge in [0.05, 0.1) is 17.2 Å². The van der Waals surface area contributed by atoms with Gasteiger partial charge in [-0.2, -0.15) is 0 Å². The van der Waals surface area contributed by atoms with Crippen LogP contribution in [0.15, 0.2) is 69.5 Å². The molecular weight excluding hydrogens is 446 g/mol. The minimum absolute atomic E-state index is 0.0105. The average Bonchev–Trinajstić information content (AvgIpc) is 3.57. The third-order valence-electron chi connectivity index (χ3n) is 5.58. The molecule has 32 heavy (non-hydrogen) atoms. The van der Waals surface area contributed by atoms with Gasteiger partial charge in [0.1, 0.15) is 5.76 Å². The van der Waals surface area contributed by atoms with Crippen LogP contribution in [0.5, 0.6) is 0 Å². The van der Waals surface area contributed by atoms with Gasteiger partial charge in [0, 0.05) is 23.5 Å². The van der Waals surface area contributed by atoms with Crippen LogP contribution in [-0.2, 0) is 16.4 Å². The van der Waals surface area contributed by atoms with Crippen LogP contribution in [0, 0.1) is 0 Å². The molecular formula is C23H27N3O4S2. The molecule has 1 atom stereocenters. The number of benzene rings is 1. The van der Waals surface area contributed by atoms with E-state index >= 15 is 0 Å². The molecule has 0 radical (unpaired) electrons. The molecule has 0 unspecified atom stereocenters. The first kappa shape index (κ1) is 22.7. The lowest BCUT2D eigenvalue weighted by Gasteiger charge is -2.26. The molecule has 1 aromatic carbocycles. The number of thiophene rings is 1. The Morgan fingerprint density at radius 3 is 2.53 bits per heavy atom. The molecule has 0 spiro atoms. The van der Waals surface area contributed by atoms with Gasteiger partial charge in [-0.05, 0) is 80.2 Å². The zero-order chi connectivity index (χ0) is 22.4. The SMILES string of the molecule is O=C(NC[C@H](c1ccco1)N1CCCC1)c1ccc(S(=O)(=O)NCCc2cccs2)cc1. The lowest BCUT2D eigenvalue weighted by molar-refractivity contribution is 0.0933. The van der Waals surface area contributed by atoms with Crippen LogP contribution < -0.4 is 10.0 Å². The molecule has 1 saturated heterocycles. The van der Waals surface area contributed by atoms with E-state index in [2.05, 4.69) is 14.9 Å². The van der Waals surface area contributed by atoms with Gasteiger partial charge in [0.15, 0.2) is 0 Å². The summed E-state index contributed by atoms with van der Waals surface area (Å²) in [7, 11) is -3.62. The van der Waals surface area contributed by atoms with Crippen LogP contribution >= 0.6 is 11.3 Å². The van der Waals surface area contributed by atoms with Crippen LogP contribution in [0.2, 0.25) is 0 Å². The summed E-state index contributed by atoms with van der Waals surface area (Å²) in [5.41, 5.74) is 0.419. The van der Waals surface area contributed by atoms with Crippen LogP contribution in [0.3, 0.4) is 0 Å². The Hall–Kier alpha value is -2.46. The number of sulfonamides is 1. The van der Waals surface area contributed by atoms with Crippen molar-refractivity contribution in [1.29, 1.82) is 0 Å². The normalized spacial score (nSPS) is 15.6.